The Hall–Kier alpha value is -0.652. The first-order valence-electron chi connectivity index (χ1n) is 46.3. The average Bonchev–Trinajstić information content (AvgIpc) is 1.53. The maximum Gasteiger partial charge on any atom is 3.00 e. The van der Waals surface area contributed by atoms with Crippen LogP contribution >= 0.6 is 0 Å². The molecule has 0 radical (unpaired) electrons. The van der Waals surface area contributed by atoms with Gasteiger partial charge in [0.15, 0.2) is 0 Å². The van der Waals surface area contributed by atoms with E-state index < -0.39 is 0 Å². The molecule has 11 fully saturated rings. The van der Waals surface area contributed by atoms with Crippen LogP contribution in [0.5, 0.6) is 0 Å². The summed E-state index contributed by atoms with van der Waals surface area (Å²) in [7, 11) is 0. The van der Waals surface area contributed by atoms with Gasteiger partial charge in [0.25, 0.3) is 0 Å². The molecule has 16 rings (SSSR count). The summed E-state index contributed by atoms with van der Waals surface area (Å²) in [5, 5.41) is 2.80. The molecule has 0 nitrogen and oxygen atoms in total. The minimum Gasteiger partial charge on any atom is -0.358 e. The summed E-state index contributed by atoms with van der Waals surface area (Å²) in [5.41, 5.74) is 13.5. The summed E-state index contributed by atoms with van der Waals surface area (Å²) < 4.78 is 0. The SMILES string of the molecule is CC1CCC2CC3CCCC[C@@H]3C(C)C12.CCC1CC2CCC(C)C2C1C.CCC1CC2CCCC(C)C2C1C.CCC1CCC(C)C1C.CCC1CCC2CCC(C)C2C1C.CCc1ccc2cccc(C)c2c1C.CCc1cccc(C)c1C.Cc1cccc2c1C(C)[C@H]1CCCCC1C2.[CH2-]C.[CH3-].[CH3-].[CH3-].[CH3-].[CH3-].[Y+3].[Y+3]. The topological polar surface area (TPSA) is 0 Å². The summed E-state index contributed by atoms with van der Waals surface area (Å²) in [6.45, 7) is 57.3. The predicted molar refractivity (Wildman–Crippen MR) is 494 cm³/mol. The van der Waals surface area contributed by atoms with Crippen molar-refractivity contribution in [2.45, 2.75) is 364 Å². The summed E-state index contributed by atoms with van der Waals surface area (Å²) >= 11 is 0. The normalized spacial score (nSPS) is 35.5. The molecule has 4 aromatic carbocycles. The van der Waals surface area contributed by atoms with Gasteiger partial charge in [-0.25, -0.2) is 0 Å². The van der Waals surface area contributed by atoms with Crippen LogP contribution in [0.15, 0.2) is 66.7 Å². The third-order valence-corrected chi connectivity index (χ3v) is 33.8. The third kappa shape index (κ3) is 27.2. The van der Waals surface area contributed by atoms with E-state index in [1.807, 2.05) is 0 Å². The summed E-state index contributed by atoms with van der Waals surface area (Å²) in [5.74, 6) is 28.2. The number of benzene rings is 4. The smallest absolute Gasteiger partial charge is 0.358 e. The van der Waals surface area contributed by atoms with Crippen LogP contribution in [0.4, 0.5) is 0 Å². The first kappa shape index (κ1) is 108. The zero-order valence-corrected chi connectivity index (χ0v) is 84.9. The Labute approximate surface area is 748 Å². The van der Waals surface area contributed by atoms with Crippen LogP contribution in [0.1, 0.15) is 360 Å². The second kappa shape index (κ2) is 53.2. The van der Waals surface area contributed by atoms with E-state index in [-0.39, 0.29) is 103 Å². The molecular weight excluding hydrogens is 1490 g/mol. The molecule has 0 aromatic heterocycles. The number of aryl methyl sites for hydroxylation is 6. The summed E-state index contributed by atoms with van der Waals surface area (Å²) in [4.78, 5) is 0. The van der Waals surface area contributed by atoms with E-state index in [9.17, 15) is 0 Å². The van der Waals surface area contributed by atoms with Crippen molar-refractivity contribution in [2.75, 3.05) is 0 Å². The van der Waals surface area contributed by atoms with E-state index >= 15 is 0 Å². The van der Waals surface area contributed by atoms with Crippen LogP contribution in [-0.2, 0) is 84.7 Å². The first-order chi connectivity index (χ1) is 50.0. The van der Waals surface area contributed by atoms with Crippen LogP contribution < -0.4 is 0 Å². The molecular formula is C109H186Y2. The van der Waals surface area contributed by atoms with Gasteiger partial charge in [-0.05, 0) is 352 Å². The van der Waals surface area contributed by atoms with Gasteiger partial charge in [-0.15, -0.1) is 0 Å². The molecule has 0 bridgehead atoms. The van der Waals surface area contributed by atoms with Crippen molar-refractivity contribution in [3.8, 4) is 0 Å². The molecule has 2 heteroatoms. The van der Waals surface area contributed by atoms with Crippen LogP contribution in [-0.4, -0.2) is 0 Å². The van der Waals surface area contributed by atoms with Crippen LogP contribution in [0.3, 0.4) is 0 Å². The Kier molecular flexibility index (Phi) is 51.9. The Balaban J connectivity index is 0.000000630. The zero-order chi connectivity index (χ0) is 75.6. The minimum absolute atomic E-state index is 0. The summed E-state index contributed by atoms with van der Waals surface area (Å²) in [6.07, 6.45) is 45.7. The molecule has 0 N–H and O–H groups in total. The molecule has 111 heavy (non-hydrogen) atoms. The molecule has 4 aromatic rings. The van der Waals surface area contributed by atoms with Crippen molar-refractivity contribution in [1.82, 2.24) is 0 Å². The van der Waals surface area contributed by atoms with E-state index in [1.165, 1.54) is 197 Å². The first-order valence-corrected chi connectivity index (χ1v) is 46.3. The maximum atomic E-state index is 3.25. The third-order valence-electron chi connectivity index (χ3n) is 33.8. The van der Waals surface area contributed by atoms with Crippen LogP contribution in [0.25, 0.3) is 10.8 Å². The largest absolute Gasteiger partial charge is 3.00 e. The van der Waals surface area contributed by atoms with Crippen molar-refractivity contribution in [1.29, 1.82) is 0 Å². The molecule has 12 aliphatic rings. The van der Waals surface area contributed by atoms with Crippen molar-refractivity contribution in [3.05, 3.63) is 161 Å². The molecule has 0 amide bonds. The zero-order valence-electron chi connectivity index (χ0n) is 79.2. The van der Waals surface area contributed by atoms with E-state index in [0.717, 1.165) is 173 Å². The molecule has 0 heterocycles. The quantitative estimate of drug-likeness (QED) is 0.169. The van der Waals surface area contributed by atoms with Gasteiger partial charge in [0.2, 0.25) is 0 Å². The van der Waals surface area contributed by atoms with Gasteiger partial charge < -0.3 is 44.1 Å². The van der Waals surface area contributed by atoms with Gasteiger partial charge in [0, 0.05) is 0 Å². The summed E-state index contributed by atoms with van der Waals surface area (Å²) in [6, 6.07) is 24.4. The fourth-order valence-electron chi connectivity index (χ4n) is 27.5. The molecule has 0 spiro atoms. The van der Waals surface area contributed by atoms with E-state index in [1.54, 1.807) is 56.6 Å². The monoisotopic (exact) mass is 1670 g/mol. The van der Waals surface area contributed by atoms with Crippen molar-refractivity contribution >= 4 is 10.8 Å². The number of hydrogen-bond acceptors (Lipinski definition) is 0. The van der Waals surface area contributed by atoms with E-state index in [2.05, 4.69) is 226 Å². The van der Waals surface area contributed by atoms with Crippen LogP contribution in [0, 0.1) is 233 Å². The molecule has 0 saturated heterocycles. The van der Waals surface area contributed by atoms with Gasteiger partial charge in [0.05, 0.1) is 0 Å². The Morgan fingerprint density at radius 2 is 0.721 bits per heavy atom. The average molecular weight is 1670 g/mol. The molecule has 11 saturated carbocycles. The maximum absolute atomic E-state index is 3.25. The molecule has 25 unspecified atom stereocenters. The second-order valence-corrected chi connectivity index (χ2v) is 38.9. The Morgan fingerprint density at radius 1 is 0.315 bits per heavy atom. The Morgan fingerprint density at radius 3 is 1.24 bits per heavy atom. The van der Waals surface area contributed by atoms with Gasteiger partial charge >= 0.3 is 65.4 Å². The van der Waals surface area contributed by atoms with Crippen molar-refractivity contribution in [2.24, 2.45) is 154 Å². The minimum atomic E-state index is 0. The number of hydrogen-bond donors (Lipinski definition) is 0. The number of fused-ring (bicyclic) bond motifs is 8. The molecule has 628 valence electrons. The van der Waals surface area contributed by atoms with Crippen molar-refractivity contribution < 1.29 is 65.4 Å². The fraction of sp³-hybridized carbons (Fsp3) is 0.743. The molecule has 12 aliphatic carbocycles. The van der Waals surface area contributed by atoms with Gasteiger partial charge in [0.1, 0.15) is 0 Å². The second-order valence-electron chi connectivity index (χ2n) is 38.9. The van der Waals surface area contributed by atoms with Gasteiger partial charge in [-0.1, -0.05) is 287 Å². The van der Waals surface area contributed by atoms with E-state index in [0.29, 0.717) is 0 Å². The molecule has 27 atom stereocenters. The van der Waals surface area contributed by atoms with E-state index in [4.69, 9.17) is 0 Å². The van der Waals surface area contributed by atoms with Crippen molar-refractivity contribution in [3.63, 3.8) is 0 Å². The van der Waals surface area contributed by atoms with Gasteiger partial charge in [-0.2, -0.15) is 6.92 Å². The van der Waals surface area contributed by atoms with Gasteiger partial charge in [-0.3, -0.25) is 0 Å². The number of rotatable bonds is 6. The predicted octanol–water partition coefficient (Wildman–Crippen LogP) is 33.9. The standard InChI is InChI=1S/C16H22.C15H26.C14H16.2C13H24.C12H22.C10H14.C9H18.C2H5.5CH3.2Y/c1-11-6-5-8-14-10-13-7-3-4-9-15(13)12(2)16(11)14;1-10-7-8-13-9-12-5-3-4-6-14(12)11(2)15(10)13;1-4-12-8-9-13-7-5-6-10(2)14(13)11(12)3;1-4-11-7-8-12-6-5-9(2)13(12)10(11)3;1-4-11-8-12-7-5-6-9(2)13(12)10(11)3;1-4-10-7-11-6-5-8(2)12(11)9(10)3;1-4-10-7-5-6-8(2)9(10)3;1-4-9-6-5-7(2)8(9)3;1-2;;;;;;;/h5-6,8,12-13,15H,3-4,7,9-10H2,1-2H3;10-15H,3-9H2,1-2H3;5-9H,4H2,1-3H3;2*9-13H,4-8H2,1-3H3;8-12H,4-7H2,1-3H3;5-7H,4H2,1-3H3;7-9H,4-6H2,1-3H3;1H2,2H3;5*1H3;;/q;;;;;;;;6*-1;2*+3/t12?,13?,15-;10?,11?,12?,13?,14-,15?;;;;;;;;;;;;;;/m11............../s1. The Bertz CT molecular complexity index is 3110. The van der Waals surface area contributed by atoms with Crippen LogP contribution in [0.2, 0.25) is 0 Å². The fourth-order valence-corrected chi connectivity index (χ4v) is 27.5. The molecule has 0 aliphatic heterocycles.